The number of nitrogens with one attached hydrogen (secondary N) is 2. The van der Waals surface area contributed by atoms with Gasteiger partial charge in [0, 0.05) is 5.69 Å². The minimum Gasteiger partial charge on any atom is -0.494 e. The largest absolute Gasteiger partial charge is 0.494 e. The van der Waals surface area contributed by atoms with Gasteiger partial charge in [-0.2, -0.15) is 0 Å². The molecule has 2 amide bonds. The molecule has 0 aliphatic carbocycles. The van der Waals surface area contributed by atoms with Gasteiger partial charge in [-0.3, -0.25) is 9.59 Å². The molecule has 0 aromatic heterocycles. The molecule has 0 saturated carbocycles. The molecule has 0 atom stereocenters. The molecule has 0 heterocycles. The molecule has 23 heavy (non-hydrogen) atoms. The molecule has 0 unspecified atom stereocenters. The van der Waals surface area contributed by atoms with Gasteiger partial charge < -0.3 is 15.4 Å². The van der Waals surface area contributed by atoms with Crippen molar-refractivity contribution in [2.75, 3.05) is 19.0 Å². The van der Waals surface area contributed by atoms with Gasteiger partial charge in [0.1, 0.15) is 5.56 Å². The van der Waals surface area contributed by atoms with E-state index in [4.69, 9.17) is 27.9 Å². The van der Waals surface area contributed by atoms with E-state index in [1.165, 1.54) is 19.2 Å². The summed E-state index contributed by atoms with van der Waals surface area (Å²) < 4.78 is 5.10. The van der Waals surface area contributed by atoms with Crippen molar-refractivity contribution in [1.82, 2.24) is 5.32 Å². The van der Waals surface area contributed by atoms with Crippen LogP contribution >= 0.6 is 23.2 Å². The van der Waals surface area contributed by atoms with E-state index >= 15 is 0 Å². The first-order valence-corrected chi connectivity index (χ1v) is 7.43. The zero-order valence-corrected chi connectivity index (χ0v) is 13.7. The van der Waals surface area contributed by atoms with Crippen LogP contribution in [0.25, 0.3) is 0 Å². The zero-order chi connectivity index (χ0) is 16.8. The zero-order valence-electron chi connectivity index (χ0n) is 12.2. The van der Waals surface area contributed by atoms with E-state index in [0.29, 0.717) is 5.69 Å². The summed E-state index contributed by atoms with van der Waals surface area (Å²) in [7, 11) is 1.39. The minimum absolute atomic E-state index is 0.0918. The van der Waals surface area contributed by atoms with E-state index < -0.39 is 5.91 Å². The summed E-state index contributed by atoms with van der Waals surface area (Å²) in [6.07, 6.45) is 0. The number of rotatable bonds is 5. The Morgan fingerprint density at radius 2 is 1.70 bits per heavy atom. The first-order chi connectivity index (χ1) is 11.0. The van der Waals surface area contributed by atoms with Crippen molar-refractivity contribution in [2.45, 2.75) is 0 Å². The number of methoxy groups -OCH3 is 1. The maximum absolute atomic E-state index is 12.2. The van der Waals surface area contributed by atoms with E-state index in [9.17, 15) is 9.59 Å². The molecule has 2 N–H and O–H groups in total. The fourth-order valence-electron chi connectivity index (χ4n) is 1.92. The molecular formula is C16H14Cl2N2O3. The lowest BCUT2D eigenvalue weighted by Gasteiger charge is -2.12. The van der Waals surface area contributed by atoms with Crippen LogP contribution < -0.4 is 15.4 Å². The summed E-state index contributed by atoms with van der Waals surface area (Å²) in [5, 5.41) is 5.59. The van der Waals surface area contributed by atoms with Crippen LogP contribution in [0, 0.1) is 0 Å². The summed E-state index contributed by atoms with van der Waals surface area (Å²) in [6, 6.07) is 11.9. The Balaban J connectivity index is 2.03. The van der Waals surface area contributed by atoms with Gasteiger partial charge in [0.25, 0.3) is 5.91 Å². The van der Waals surface area contributed by atoms with Crippen LogP contribution in [0.15, 0.2) is 42.5 Å². The summed E-state index contributed by atoms with van der Waals surface area (Å²) in [5.74, 6) is -0.737. The van der Waals surface area contributed by atoms with E-state index in [1.807, 2.05) is 6.07 Å². The Morgan fingerprint density at radius 3 is 2.35 bits per heavy atom. The molecular weight excluding hydrogens is 339 g/mol. The molecule has 7 heteroatoms. The molecule has 2 aromatic rings. The second-order valence-electron chi connectivity index (χ2n) is 4.53. The average Bonchev–Trinajstić information content (AvgIpc) is 2.55. The highest BCUT2D eigenvalue weighted by Crippen LogP contribution is 2.33. The SMILES string of the molecule is COc1c(Cl)ccc(Cl)c1C(=O)NCC(=O)Nc1ccccc1. The first-order valence-electron chi connectivity index (χ1n) is 6.68. The average molecular weight is 353 g/mol. The van der Waals surface area contributed by atoms with Crippen molar-refractivity contribution in [3.05, 3.63) is 58.1 Å². The Hall–Kier alpha value is -2.24. The number of carbonyl (C=O) groups is 2. The lowest BCUT2D eigenvalue weighted by atomic mass is 10.2. The molecule has 120 valence electrons. The van der Waals surface area contributed by atoms with Crippen LogP contribution in [0.2, 0.25) is 10.0 Å². The van der Waals surface area contributed by atoms with E-state index in [1.54, 1.807) is 24.3 Å². The summed E-state index contributed by atoms with van der Waals surface area (Å²) in [4.78, 5) is 24.1. The van der Waals surface area contributed by atoms with Crippen LogP contribution in [0.4, 0.5) is 5.69 Å². The van der Waals surface area contributed by atoms with Gasteiger partial charge in [-0.05, 0) is 24.3 Å². The van der Waals surface area contributed by atoms with Gasteiger partial charge >= 0.3 is 0 Å². The van der Waals surface area contributed by atoms with Crippen molar-refractivity contribution in [1.29, 1.82) is 0 Å². The maximum atomic E-state index is 12.2. The van der Waals surface area contributed by atoms with Gasteiger partial charge in [0.2, 0.25) is 5.91 Å². The third-order valence-electron chi connectivity index (χ3n) is 2.96. The van der Waals surface area contributed by atoms with Crippen LogP contribution in [-0.2, 0) is 4.79 Å². The number of para-hydroxylation sites is 1. The highest BCUT2D eigenvalue weighted by atomic mass is 35.5. The van der Waals surface area contributed by atoms with Crippen molar-refractivity contribution in [3.63, 3.8) is 0 Å². The first kappa shape index (κ1) is 17.1. The lowest BCUT2D eigenvalue weighted by Crippen LogP contribution is -2.33. The highest BCUT2D eigenvalue weighted by molar-refractivity contribution is 6.37. The molecule has 0 spiro atoms. The molecule has 0 aliphatic heterocycles. The van der Waals surface area contributed by atoms with Crippen LogP contribution in [-0.4, -0.2) is 25.5 Å². The molecule has 0 fully saturated rings. The fourth-order valence-corrected chi connectivity index (χ4v) is 2.39. The topological polar surface area (TPSA) is 67.4 Å². The third-order valence-corrected chi connectivity index (χ3v) is 3.57. The van der Waals surface area contributed by atoms with Gasteiger partial charge in [-0.15, -0.1) is 0 Å². The fraction of sp³-hybridized carbons (Fsp3) is 0.125. The number of hydrogen-bond acceptors (Lipinski definition) is 3. The Labute approximate surface area is 143 Å². The molecule has 0 radical (unpaired) electrons. The second kappa shape index (κ2) is 7.85. The van der Waals surface area contributed by atoms with Crippen molar-refractivity contribution in [2.24, 2.45) is 0 Å². The molecule has 0 aliphatic rings. The molecule has 0 bridgehead atoms. The number of benzene rings is 2. The monoisotopic (exact) mass is 352 g/mol. The normalized spacial score (nSPS) is 10.0. The van der Waals surface area contributed by atoms with E-state index in [-0.39, 0.29) is 33.8 Å². The Bertz CT molecular complexity index is 721. The molecule has 5 nitrogen and oxygen atoms in total. The number of carbonyl (C=O) groups excluding carboxylic acids is 2. The Morgan fingerprint density at radius 1 is 1.04 bits per heavy atom. The number of halogens is 2. The van der Waals surface area contributed by atoms with E-state index in [0.717, 1.165) is 0 Å². The lowest BCUT2D eigenvalue weighted by molar-refractivity contribution is -0.115. The number of anilines is 1. The molecule has 0 saturated heterocycles. The van der Waals surface area contributed by atoms with E-state index in [2.05, 4.69) is 10.6 Å². The van der Waals surface area contributed by atoms with Crippen LogP contribution in [0.1, 0.15) is 10.4 Å². The maximum Gasteiger partial charge on any atom is 0.257 e. The predicted octanol–water partition coefficient (Wildman–Crippen LogP) is 3.37. The quantitative estimate of drug-likeness (QED) is 0.866. The van der Waals surface area contributed by atoms with Crippen molar-refractivity contribution >= 4 is 40.7 Å². The van der Waals surface area contributed by atoms with Gasteiger partial charge in [0.05, 0.1) is 23.7 Å². The summed E-state index contributed by atoms with van der Waals surface area (Å²) >= 11 is 12.0. The standard InChI is InChI=1S/C16H14Cl2N2O3/c1-23-15-12(18)8-7-11(17)14(15)16(22)19-9-13(21)20-10-5-3-2-4-6-10/h2-8H,9H2,1H3,(H,19,22)(H,20,21). The van der Waals surface area contributed by atoms with Crippen LogP contribution in [0.5, 0.6) is 5.75 Å². The molecule has 2 aromatic carbocycles. The predicted molar refractivity (Wildman–Crippen MR) is 90.4 cm³/mol. The Kier molecular flexibility index (Phi) is 5.84. The number of ether oxygens (including phenoxy) is 1. The third kappa shape index (κ3) is 4.37. The van der Waals surface area contributed by atoms with Gasteiger partial charge in [-0.1, -0.05) is 41.4 Å². The number of amides is 2. The second-order valence-corrected chi connectivity index (χ2v) is 5.35. The molecule has 2 rings (SSSR count). The van der Waals surface area contributed by atoms with Crippen molar-refractivity contribution in [3.8, 4) is 5.75 Å². The summed E-state index contributed by atoms with van der Waals surface area (Å²) in [5.41, 5.74) is 0.735. The van der Waals surface area contributed by atoms with Gasteiger partial charge in [0.15, 0.2) is 5.75 Å². The number of hydrogen-bond donors (Lipinski definition) is 2. The highest BCUT2D eigenvalue weighted by Gasteiger charge is 2.19. The summed E-state index contributed by atoms with van der Waals surface area (Å²) in [6.45, 7) is -0.209. The smallest absolute Gasteiger partial charge is 0.257 e. The van der Waals surface area contributed by atoms with Crippen molar-refractivity contribution < 1.29 is 14.3 Å². The minimum atomic E-state index is -0.544. The van der Waals surface area contributed by atoms with Crippen LogP contribution in [0.3, 0.4) is 0 Å². The van der Waals surface area contributed by atoms with Gasteiger partial charge in [-0.25, -0.2) is 0 Å².